The Morgan fingerprint density at radius 3 is 2.65 bits per heavy atom. The summed E-state index contributed by atoms with van der Waals surface area (Å²) < 4.78 is 16.6. The minimum atomic E-state index is -0.497. The molecule has 0 unspecified atom stereocenters. The molecule has 1 heterocycles. The topological polar surface area (TPSA) is 68.3 Å². The van der Waals surface area contributed by atoms with Crippen LogP contribution in [0.25, 0.3) is 5.69 Å². The van der Waals surface area contributed by atoms with Crippen LogP contribution in [-0.2, 0) is 0 Å². The second-order valence-corrected chi connectivity index (χ2v) is 3.90. The fourth-order valence-corrected chi connectivity index (χ4v) is 1.73. The number of hydrogen-bond donors (Lipinski definition) is 1. The Kier molecular flexibility index (Phi) is 3.19. The highest BCUT2D eigenvalue weighted by Crippen LogP contribution is 2.24. The van der Waals surface area contributed by atoms with E-state index in [-0.39, 0.29) is 4.60 Å². The summed E-state index contributed by atoms with van der Waals surface area (Å²) in [7, 11) is 3.10. The molecule has 7 heteroatoms. The first-order valence-electron chi connectivity index (χ1n) is 4.68. The van der Waals surface area contributed by atoms with Crippen LogP contribution in [0.2, 0.25) is 0 Å². The monoisotopic (exact) mass is 301 g/mol. The molecule has 0 atom stereocenters. The van der Waals surface area contributed by atoms with E-state index < -0.39 is 5.63 Å². The first-order chi connectivity index (χ1) is 8.17. The lowest BCUT2D eigenvalue weighted by molar-refractivity contribution is -0.680. The first-order valence-corrected chi connectivity index (χ1v) is 5.48. The summed E-state index contributed by atoms with van der Waals surface area (Å²) in [5.41, 5.74) is 0.133. The maximum Gasteiger partial charge on any atom is 0.442 e. The quantitative estimate of drug-likeness (QED) is 0.860. The summed E-state index contributed by atoms with van der Waals surface area (Å²) in [6, 6.07) is 5.20. The summed E-state index contributed by atoms with van der Waals surface area (Å²) in [6.07, 6.45) is 0. The fraction of sp³-hybridized carbons (Fsp3) is 0.200. The number of methoxy groups -OCH3 is 2. The van der Waals surface area contributed by atoms with E-state index in [0.717, 1.165) is 0 Å². The van der Waals surface area contributed by atoms with Crippen molar-refractivity contribution in [1.82, 2.24) is 5.27 Å². The Morgan fingerprint density at radius 2 is 2.12 bits per heavy atom. The molecule has 2 aromatic rings. The molecule has 0 spiro atoms. The van der Waals surface area contributed by atoms with Gasteiger partial charge >= 0.3 is 10.2 Å². The van der Waals surface area contributed by atoms with Crippen molar-refractivity contribution in [3.63, 3.8) is 0 Å². The molecule has 0 amide bonds. The van der Waals surface area contributed by atoms with E-state index in [4.69, 9.17) is 9.47 Å². The Bertz CT molecular complexity index is 590. The third-order valence-corrected chi connectivity index (χ3v) is 2.90. The SMILES string of the molecule is COc1ccc(-[n+]2[nH]oc(=O)c2Br)c(OC)c1. The molecule has 0 bridgehead atoms. The highest BCUT2D eigenvalue weighted by molar-refractivity contribution is 9.10. The lowest BCUT2D eigenvalue weighted by atomic mass is 10.3. The molecule has 6 nitrogen and oxygen atoms in total. The molecule has 0 fully saturated rings. The third-order valence-electron chi connectivity index (χ3n) is 2.22. The van der Waals surface area contributed by atoms with Crippen molar-refractivity contribution in [2.45, 2.75) is 0 Å². The van der Waals surface area contributed by atoms with Crippen molar-refractivity contribution in [1.29, 1.82) is 0 Å². The molecule has 0 saturated carbocycles. The maximum absolute atomic E-state index is 11.2. The number of aromatic nitrogens is 2. The smallest absolute Gasteiger partial charge is 0.442 e. The van der Waals surface area contributed by atoms with Gasteiger partial charge in [-0.05, 0) is 16.0 Å². The second kappa shape index (κ2) is 4.62. The maximum atomic E-state index is 11.2. The molecule has 0 saturated heterocycles. The zero-order valence-corrected chi connectivity index (χ0v) is 10.8. The molecule has 0 radical (unpaired) electrons. The molecular weight excluding hydrogens is 292 g/mol. The van der Waals surface area contributed by atoms with Crippen LogP contribution in [0.5, 0.6) is 11.5 Å². The zero-order valence-electron chi connectivity index (χ0n) is 9.19. The fourth-order valence-electron chi connectivity index (χ4n) is 1.39. The number of hydrogen-bond acceptors (Lipinski definition) is 4. The predicted molar refractivity (Wildman–Crippen MR) is 61.7 cm³/mol. The third kappa shape index (κ3) is 2.05. The van der Waals surface area contributed by atoms with Gasteiger partial charge in [0.1, 0.15) is 5.75 Å². The van der Waals surface area contributed by atoms with E-state index >= 15 is 0 Å². The van der Waals surface area contributed by atoms with Crippen molar-refractivity contribution in [3.05, 3.63) is 33.2 Å². The molecule has 1 aromatic heterocycles. The number of rotatable bonds is 3. The number of nitrogens with zero attached hydrogens (tertiary/aromatic N) is 1. The van der Waals surface area contributed by atoms with Crippen LogP contribution in [0.1, 0.15) is 0 Å². The number of benzene rings is 1. The average Bonchev–Trinajstić information content (AvgIpc) is 2.69. The van der Waals surface area contributed by atoms with E-state index in [9.17, 15) is 4.79 Å². The highest BCUT2D eigenvalue weighted by Gasteiger charge is 2.24. The van der Waals surface area contributed by atoms with Crippen molar-refractivity contribution in [2.24, 2.45) is 0 Å². The van der Waals surface area contributed by atoms with Crippen LogP contribution < -0.4 is 19.8 Å². The minimum absolute atomic E-state index is 0.251. The normalized spacial score (nSPS) is 10.3. The summed E-state index contributed by atoms with van der Waals surface area (Å²) in [5.74, 6) is 1.21. The number of halogens is 1. The molecular formula is C10H10BrN2O4+. The van der Waals surface area contributed by atoms with Crippen LogP contribution in [0.4, 0.5) is 0 Å². The molecule has 1 N–H and O–H groups in total. The van der Waals surface area contributed by atoms with E-state index in [0.29, 0.717) is 17.2 Å². The van der Waals surface area contributed by atoms with Gasteiger partial charge in [-0.15, -0.1) is 0 Å². The molecule has 0 aliphatic rings. The van der Waals surface area contributed by atoms with Gasteiger partial charge in [-0.1, -0.05) is 0 Å². The average molecular weight is 302 g/mol. The van der Waals surface area contributed by atoms with Crippen molar-refractivity contribution >= 4 is 15.9 Å². The van der Waals surface area contributed by atoms with Gasteiger partial charge < -0.3 is 9.47 Å². The van der Waals surface area contributed by atoms with E-state index in [2.05, 4.69) is 25.7 Å². The number of H-pyrrole nitrogens is 1. The summed E-state index contributed by atoms with van der Waals surface area (Å²) in [5, 5.41) is 2.46. The summed E-state index contributed by atoms with van der Waals surface area (Å²) >= 11 is 3.12. The molecule has 0 aliphatic heterocycles. The standard InChI is InChI=1S/C10H9BrN2O4/c1-15-6-3-4-7(8(5-6)16-2)13-9(11)10(14)17-12-13/h3-5H,1-2H3/p+1. The van der Waals surface area contributed by atoms with Crippen LogP contribution in [-0.4, -0.2) is 19.5 Å². The Hall–Kier alpha value is -1.76. The molecule has 2 rings (SSSR count). The number of nitrogens with one attached hydrogen (secondary N) is 1. The number of ether oxygens (including phenoxy) is 2. The second-order valence-electron chi connectivity index (χ2n) is 3.14. The van der Waals surface area contributed by atoms with E-state index in [1.807, 2.05) is 0 Å². The summed E-state index contributed by atoms with van der Waals surface area (Å²) in [6.45, 7) is 0. The van der Waals surface area contributed by atoms with Gasteiger partial charge in [0.25, 0.3) is 5.69 Å². The molecule has 90 valence electrons. The first kappa shape index (κ1) is 11.7. The zero-order chi connectivity index (χ0) is 12.4. The Balaban J connectivity index is 2.59. The molecule has 1 aromatic carbocycles. The molecule has 0 aliphatic carbocycles. The van der Waals surface area contributed by atoms with Crippen LogP contribution in [0.3, 0.4) is 0 Å². The molecule has 17 heavy (non-hydrogen) atoms. The Labute approximate surface area is 105 Å². The lowest BCUT2D eigenvalue weighted by Gasteiger charge is -2.04. The van der Waals surface area contributed by atoms with Gasteiger partial charge in [0.15, 0.2) is 5.75 Å². The van der Waals surface area contributed by atoms with Crippen molar-refractivity contribution < 1.29 is 18.7 Å². The van der Waals surface area contributed by atoms with Gasteiger partial charge in [-0.3, -0.25) is 4.52 Å². The largest absolute Gasteiger partial charge is 0.497 e. The van der Waals surface area contributed by atoms with Crippen LogP contribution >= 0.6 is 15.9 Å². The van der Waals surface area contributed by atoms with Gasteiger partial charge in [-0.2, -0.15) is 0 Å². The lowest BCUT2D eigenvalue weighted by Crippen LogP contribution is -2.35. The van der Waals surface area contributed by atoms with Crippen molar-refractivity contribution in [3.8, 4) is 17.2 Å². The van der Waals surface area contributed by atoms with E-state index in [1.54, 1.807) is 25.3 Å². The predicted octanol–water partition coefficient (Wildman–Crippen LogP) is 1.02. The van der Waals surface area contributed by atoms with E-state index in [1.165, 1.54) is 11.8 Å². The Morgan fingerprint density at radius 1 is 1.35 bits per heavy atom. The van der Waals surface area contributed by atoms with Gasteiger partial charge in [0.2, 0.25) is 0 Å². The van der Waals surface area contributed by atoms with Gasteiger partial charge in [-0.25, -0.2) is 4.79 Å². The van der Waals surface area contributed by atoms with Gasteiger partial charge in [0.05, 0.1) is 14.2 Å². The summed E-state index contributed by atoms with van der Waals surface area (Å²) in [4.78, 5) is 11.2. The highest BCUT2D eigenvalue weighted by atomic mass is 79.9. The number of aromatic amines is 1. The minimum Gasteiger partial charge on any atom is -0.497 e. The van der Waals surface area contributed by atoms with Crippen LogP contribution in [0, 0.1) is 0 Å². The van der Waals surface area contributed by atoms with Crippen molar-refractivity contribution in [2.75, 3.05) is 14.2 Å². The van der Waals surface area contributed by atoms with Crippen LogP contribution in [0.15, 0.2) is 32.1 Å². The van der Waals surface area contributed by atoms with Gasteiger partial charge in [0, 0.05) is 28.1 Å².